The number of amidine groups is 1. The first-order valence-electron chi connectivity index (χ1n) is 12.4. The summed E-state index contributed by atoms with van der Waals surface area (Å²) in [7, 11) is 0. The summed E-state index contributed by atoms with van der Waals surface area (Å²) >= 11 is 0. The van der Waals surface area contributed by atoms with Gasteiger partial charge in [-0.2, -0.15) is 13.2 Å². The maximum Gasteiger partial charge on any atom is 0.406 e. The molecule has 0 saturated carbocycles. The molecule has 4 rings (SSSR count). The molecule has 2 N–H and O–H groups in total. The van der Waals surface area contributed by atoms with Crippen molar-refractivity contribution in [2.24, 2.45) is 0 Å². The summed E-state index contributed by atoms with van der Waals surface area (Å²) in [4.78, 5) is 16.5. The number of halogens is 3. The SMILES string of the molecule is CC(C)N(CC(F)(F)F)C(=N)OCc1ncc(C2=CCOCC2)c(Nc2ccc(N3CCOCC3)nc2)n1. The molecule has 13 heteroatoms. The van der Waals surface area contributed by atoms with Gasteiger partial charge in [-0.15, -0.1) is 0 Å². The van der Waals surface area contributed by atoms with Crippen LogP contribution in [0.3, 0.4) is 0 Å². The average Bonchev–Trinajstić information content (AvgIpc) is 2.91. The highest BCUT2D eigenvalue weighted by molar-refractivity contribution is 5.77. The van der Waals surface area contributed by atoms with E-state index in [4.69, 9.17) is 19.6 Å². The standard InChI is InChI=1S/C25H32F3N7O3/c1-17(2)35(16-25(26,27)28)24(29)38-15-21-30-14-20(18-5-9-36-10-6-18)23(33-21)32-19-3-4-22(31-13-19)34-7-11-37-12-8-34/h3-5,13-14,17,29H,6-12,15-16H2,1-2H3,(H,30,32,33). The molecule has 0 bridgehead atoms. The maximum absolute atomic E-state index is 12.9. The van der Waals surface area contributed by atoms with Crippen LogP contribution in [0.4, 0.5) is 30.5 Å². The van der Waals surface area contributed by atoms with Gasteiger partial charge in [0.05, 0.1) is 38.3 Å². The molecule has 1 fully saturated rings. The van der Waals surface area contributed by atoms with Gasteiger partial charge in [0, 0.05) is 30.9 Å². The van der Waals surface area contributed by atoms with Crippen molar-refractivity contribution in [2.75, 3.05) is 56.3 Å². The Bertz CT molecular complexity index is 1120. The molecular weight excluding hydrogens is 503 g/mol. The van der Waals surface area contributed by atoms with Crippen LogP contribution in [0.25, 0.3) is 5.57 Å². The third kappa shape index (κ3) is 7.54. The average molecular weight is 536 g/mol. The number of hydrogen-bond acceptors (Lipinski definition) is 9. The highest BCUT2D eigenvalue weighted by Crippen LogP contribution is 2.29. The number of rotatable bonds is 8. The molecule has 10 nitrogen and oxygen atoms in total. The number of aromatic nitrogens is 3. The van der Waals surface area contributed by atoms with Gasteiger partial charge in [-0.25, -0.2) is 15.0 Å². The van der Waals surface area contributed by atoms with E-state index in [-0.39, 0.29) is 12.4 Å². The Labute approximate surface area is 219 Å². The predicted molar refractivity (Wildman–Crippen MR) is 136 cm³/mol. The first-order valence-corrected chi connectivity index (χ1v) is 12.4. The zero-order valence-electron chi connectivity index (χ0n) is 21.4. The van der Waals surface area contributed by atoms with E-state index in [2.05, 4.69) is 25.2 Å². The monoisotopic (exact) mass is 535 g/mol. The molecule has 0 unspecified atom stereocenters. The van der Waals surface area contributed by atoms with Crippen molar-refractivity contribution in [1.29, 1.82) is 5.41 Å². The predicted octanol–water partition coefficient (Wildman–Crippen LogP) is 3.98. The lowest BCUT2D eigenvalue weighted by Crippen LogP contribution is -2.43. The van der Waals surface area contributed by atoms with Crippen molar-refractivity contribution >= 4 is 28.9 Å². The molecule has 0 amide bonds. The van der Waals surface area contributed by atoms with E-state index in [0.717, 1.165) is 34.9 Å². The molecule has 0 spiro atoms. The van der Waals surface area contributed by atoms with Crippen LogP contribution in [0.5, 0.6) is 0 Å². The summed E-state index contributed by atoms with van der Waals surface area (Å²) in [6, 6.07) is 2.67. The summed E-state index contributed by atoms with van der Waals surface area (Å²) in [6.45, 7) is 5.54. The van der Waals surface area contributed by atoms with Gasteiger partial charge in [0.25, 0.3) is 6.02 Å². The fraction of sp³-hybridized carbons (Fsp3) is 0.520. The molecule has 0 aliphatic carbocycles. The van der Waals surface area contributed by atoms with E-state index in [1.54, 1.807) is 26.2 Å². The van der Waals surface area contributed by atoms with Gasteiger partial charge in [-0.05, 0) is 38.0 Å². The van der Waals surface area contributed by atoms with Crippen molar-refractivity contribution in [3.05, 3.63) is 42.0 Å². The number of nitrogens with zero attached hydrogens (tertiary/aromatic N) is 5. The number of anilines is 3. The van der Waals surface area contributed by atoms with Gasteiger partial charge in [0.2, 0.25) is 0 Å². The van der Waals surface area contributed by atoms with Gasteiger partial charge in [-0.3, -0.25) is 5.41 Å². The summed E-state index contributed by atoms with van der Waals surface area (Å²) in [5, 5.41) is 11.3. The first kappa shape index (κ1) is 27.6. The fourth-order valence-electron chi connectivity index (χ4n) is 4.06. The van der Waals surface area contributed by atoms with E-state index in [0.29, 0.717) is 44.4 Å². The Morgan fingerprint density at radius 3 is 2.58 bits per heavy atom. The minimum Gasteiger partial charge on any atom is -0.457 e. The normalized spacial score (nSPS) is 16.3. The Balaban J connectivity index is 1.51. The number of pyridine rings is 1. The van der Waals surface area contributed by atoms with Crippen LogP contribution in [-0.4, -0.2) is 84.2 Å². The highest BCUT2D eigenvalue weighted by atomic mass is 19.4. The molecule has 1 saturated heterocycles. The third-order valence-electron chi connectivity index (χ3n) is 6.07. The Morgan fingerprint density at radius 2 is 1.95 bits per heavy atom. The quantitative estimate of drug-likeness (QED) is 0.383. The van der Waals surface area contributed by atoms with Crippen LogP contribution in [0.2, 0.25) is 0 Å². The lowest BCUT2D eigenvalue weighted by atomic mass is 10.0. The maximum atomic E-state index is 12.9. The van der Waals surface area contributed by atoms with Crippen molar-refractivity contribution in [3.63, 3.8) is 0 Å². The van der Waals surface area contributed by atoms with Crippen LogP contribution in [0.1, 0.15) is 31.7 Å². The molecule has 2 aliphatic heterocycles. The van der Waals surface area contributed by atoms with Crippen molar-refractivity contribution in [2.45, 2.75) is 39.1 Å². The summed E-state index contributed by atoms with van der Waals surface area (Å²) in [6.07, 6.45) is 1.57. The van der Waals surface area contributed by atoms with Gasteiger partial charge < -0.3 is 29.3 Å². The molecule has 38 heavy (non-hydrogen) atoms. The van der Waals surface area contributed by atoms with Crippen LogP contribution in [0.15, 0.2) is 30.6 Å². The van der Waals surface area contributed by atoms with Crippen LogP contribution in [0, 0.1) is 5.41 Å². The first-order chi connectivity index (χ1) is 18.2. The molecule has 2 aromatic heterocycles. The third-order valence-corrected chi connectivity index (χ3v) is 6.07. The van der Waals surface area contributed by atoms with E-state index in [9.17, 15) is 13.2 Å². The second-order valence-electron chi connectivity index (χ2n) is 9.16. The lowest BCUT2D eigenvalue weighted by Gasteiger charge is -2.29. The number of hydrogen-bond donors (Lipinski definition) is 2. The highest BCUT2D eigenvalue weighted by Gasteiger charge is 2.33. The molecule has 2 aromatic rings. The van der Waals surface area contributed by atoms with E-state index in [1.807, 2.05) is 18.2 Å². The number of morpholine rings is 1. The Morgan fingerprint density at radius 1 is 1.16 bits per heavy atom. The molecule has 0 atom stereocenters. The minimum atomic E-state index is -4.46. The number of nitrogens with one attached hydrogen (secondary N) is 2. The molecule has 0 radical (unpaired) electrons. The smallest absolute Gasteiger partial charge is 0.406 e. The second-order valence-corrected chi connectivity index (χ2v) is 9.16. The molecular formula is C25H32F3N7O3. The Hall–Kier alpha value is -3.45. The van der Waals surface area contributed by atoms with Gasteiger partial charge in [0.15, 0.2) is 12.4 Å². The van der Waals surface area contributed by atoms with E-state index in [1.165, 1.54) is 0 Å². The van der Waals surface area contributed by atoms with Crippen molar-refractivity contribution in [1.82, 2.24) is 19.9 Å². The van der Waals surface area contributed by atoms with Gasteiger partial charge >= 0.3 is 6.18 Å². The summed E-state index contributed by atoms with van der Waals surface area (Å²) < 4.78 is 55.0. The van der Waals surface area contributed by atoms with Crippen molar-refractivity contribution in [3.8, 4) is 0 Å². The molecule has 206 valence electrons. The molecule has 2 aliphatic rings. The lowest BCUT2D eigenvalue weighted by molar-refractivity contribution is -0.142. The zero-order valence-corrected chi connectivity index (χ0v) is 21.4. The second kappa shape index (κ2) is 12.4. The number of ether oxygens (including phenoxy) is 3. The summed E-state index contributed by atoms with van der Waals surface area (Å²) in [5.74, 6) is 1.59. The van der Waals surface area contributed by atoms with Gasteiger partial charge in [0.1, 0.15) is 18.2 Å². The fourth-order valence-corrected chi connectivity index (χ4v) is 4.06. The van der Waals surface area contributed by atoms with Crippen molar-refractivity contribution < 1.29 is 27.4 Å². The molecule has 0 aromatic carbocycles. The molecule has 4 heterocycles. The van der Waals surface area contributed by atoms with Crippen LogP contribution in [-0.2, 0) is 20.8 Å². The van der Waals surface area contributed by atoms with E-state index >= 15 is 0 Å². The van der Waals surface area contributed by atoms with Crippen LogP contribution < -0.4 is 10.2 Å². The largest absolute Gasteiger partial charge is 0.457 e. The van der Waals surface area contributed by atoms with Gasteiger partial charge in [-0.1, -0.05) is 6.08 Å². The topological polar surface area (TPSA) is 109 Å². The number of alkyl halides is 3. The van der Waals surface area contributed by atoms with E-state index < -0.39 is 24.8 Å². The zero-order chi connectivity index (χ0) is 27.1. The minimum absolute atomic E-state index is 0.224. The van der Waals surface area contributed by atoms with Crippen LogP contribution >= 0.6 is 0 Å². The Kier molecular flexibility index (Phi) is 9.00. The summed E-state index contributed by atoms with van der Waals surface area (Å²) in [5.41, 5.74) is 2.52.